The number of carbonyl (C=O) groups excluding carboxylic acids is 2. The van der Waals surface area contributed by atoms with Crippen molar-refractivity contribution in [2.45, 2.75) is 23.6 Å². The summed E-state index contributed by atoms with van der Waals surface area (Å²) in [6, 6.07) is 19.8. The van der Waals surface area contributed by atoms with E-state index in [4.69, 9.17) is 23.2 Å². The second-order valence-electron chi connectivity index (χ2n) is 12.2. The van der Waals surface area contributed by atoms with Gasteiger partial charge in [0.15, 0.2) is 11.4 Å². The number of hydrogen-bond donors (Lipinski definition) is 4. The van der Waals surface area contributed by atoms with Gasteiger partial charge in [0, 0.05) is 21.2 Å². The van der Waals surface area contributed by atoms with Crippen molar-refractivity contribution in [3.05, 3.63) is 138 Å². The van der Waals surface area contributed by atoms with Gasteiger partial charge in [-0.1, -0.05) is 47.5 Å². The number of quaternary nitrogens is 1. The number of nitrogens with one attached hydrogen (secondary N) is 3. The summed E-state index contributed by atoms with van der Waals surface area (Å²) < 4.78 is 54.0. The molecule has 0 unspecified atom stereocenters. The third-order valence-corrected chi connectivity index (χ3v) is 11.8. The van der Waals surface area contributed by atoms with E-state index in [2.05, 4.69) is 35.4 Å². The number of carbonyl (C=O) groups is 2. The first-order valence-corrected chi connectivity index (χ1v) is 20.7. The van der Waals surface area contributed by atoms with Crippen molar-refractivity contribution in [1.29, 1.82) is 0 Å². The number of primary sulfonamides is 1. The van der Waals surface area contributed by atoms with Gasteiger partial charge < -0.3 is 19.8 Å². The number of azo groups is 2. The van der Waals surface area contributed by atoms with Crippen LogP contribution in [0, 0.1) is 13.8 Å². The maximum absolute atomic E-state index is 12.8. The summed E-state index contributed by atoms with van der Waals surface area (Å²) in [7, 11) is -5.27. The smallest absolute Gasteiger partial charge is 0.545 e. The Morgan fingerprint density at radius 2 is 1.16 bits per heavy atom. The van der Waals surface area contributed by atoms with E-state index in [-0.39, 0.29) is 49.8 Å². The Balaban J connectivity index is 0.000000264. The van der Waals surface area contributed by atoms with Gasteiger partial charge in [0.25, 0.3) is 11.1 Å². The summed E-state index contributed by atoms with van der Waals surface area (Å²) in [5.74, 6) is -3.20. The largest absolute Gasteiger partial charge is 3.00 e. The molecule has 0 aliphatic rings. The predicted octanol–water partition coefficient (Wildman–Crippen LogP) is 2.60. The molecule has 20 nitrogen and oxygen atoms in total. The molecule has 0 amide bonds. The van der Waals surface area contributed by atoms with E-state index >= 15 is 0 Å². The number of halogens is 2. The number of hydrogen-bond acceptors (Lipinski definition) is 14. The Kier molecular flexibility index (Phi) is 15.3. The fourth-order valence-corrected chi connectivity index (χ4v) is 7.37. The van der Waals surface area contributed by atoms with Gasteiger partial charge in [-0.2, -0.15) is 8.42 Å². The Morgan fingerprint density at radius 3 is 1.62 bits per heavy atom. The number of H-pyrrole nitrogens is 2. The van der Waals surface area contributed by atoms with Crippen molar-refractivity contribution in [3.8, 4) is 11.4 Å². The SMILES string of the molecule is CNS(=O)(=O)c1ccc(C(=O)[O-])c(N=Nc2c(C)[nH]n(-c3cccc(Cl)c3)c2=O)c1.C[NH2+]S(=O)(=O)c1cccc(C(=O)[O-])c1N=Nc1c(C)[nH]n(-c2cccc(Cl)c2)c1=O.[Cr+3]. The molecule has 2 aromatic heterocycles. The molecule has 0 saturated carbocycles. The second kappa shape index (κ2) is 19.6. The normalized spacial score (nSPS) is 11.6. The fourth-order valence-electron chi connectivity index (χ4n) is 5.31. The molecule has 61 heavy (non-hydrogen) atoms. The molecule has 0 saturated heterocycles. The molecule has 0 aliphatic carbocycles. The second-order valence-corrected chi connectivity index (χ2v) is 17.0. The van der Waals surface area contributed by atoms with Crippen LogP contribution in [0.3, 0.4) is 0 Å². The molecule has 0 atom stereocenters. The summed E-state index contributed by atoms with van der Waals surface area (Å²) in [4.78, 5) is 47.7. The molecule has 6 rings (SSSR count). The monoisotopic (exact) mass is 949 g/mol. The minimum atomic E-state index is -3.93. The number of aromatic nitrogens is 4. The van der Waals surface area contributed by atoms with Gasteiger partial charge in [-0.25, -0.2) is 27.2 Å². The van der Waals surface area contributed by atoms with Crippen molar-refractivity contribution < 1.29 is 58.7 Å². The number of rotatable bonds is 12. The fraction of sp³-hybridized carbons (Fsp3) is 0.111. The zero-order valence-corrected chi connectivity index (χ0v) is 36.3. The number of nitrogens with zero attached hydrogens (tertiary/aromatic N) is 6. The van der Waals surface area contributed by atoms with Gasteiger partial charge in [-0.3, -0.25) is 19.8 Å². The Hall–Kier alpha value is -6.03. The summed E-state index contributed by atoms with van der Waals surface area (Å²) in [5, 5.41) is 44.6. The number of carboxylic acids is 2. The van der Waals surface area contributed by atoms with Gasteiger partial charge in [0.1, 0.15) is 10.6 Å². The quantitative estimate of drug-likeness (QED) is 0.130. The molecule has 0 fully saturated rings. The summed E-state index contributed by atoms with van der Waals surface area (Å²) >= 11 is 11.9. The molecule has 0 spiro atoms. The van der Waals surface area contributed by atoms with Crippen LogP contribution in [-0.2, 0) is 37.4 Å². The summed E-state index contributed by atoms with van der Waals surface area (Å²) in [5.41, 5.74) is -1.26. The van der Waals surface area contributed by atoms with E-state index in [1.165, 1.54) is 35.6 Å². The zero-order chi connectivity index (χ0) is 44.1. The first-order valence-electron chi connectivity index (χ1n) is 17.0. The van der Waals surface area contributed by atoms with Crippen LogP contribution in [0.1, 0.15) is 32.1 Å². The molecule has 4 aromatic carbocycles. The van der Waals surface area contributed by atoms with Crippen molar-refractivity contribution in [2.75, 3.05) is 14.1 Å². The van der Waals surface area contributed by atoms with Crippen LogP contribution in [0.4, 0.5) is 22.7 Å². The topological polar surface area (TPSA) is 302 Å². The molecule has 2 heterocycles. The van der Waals surface area contributed by atoms with Crippen molar-refractivity contribution in [1.82, 2.24) is 24.3 Å². The third kappa shape index (κ3) is 10.7. The molecule has 5 N–H and O–H groups in total. The van der Waals surface area contributed by atoms with Crippen molar-refractivity contribution in [3.63, 3.8) is 0 Å². The molecule has 315 valence electrons. The molecule has 0 aliphatic heterocycles. The van der Waals surface area contributed by atoms with Crippen LogP contribution in [0.15, 0.2) is 125 Å². The van der Waals surface area contributed by atoms with Gasteiger partial charge in [-0.05, 0) is 81.6 Å². The average molecular weight is 951 g/mol. The number of aryl methyl sites for hydroxylation is 2. The maximum atomic E-state index is 12.8. The van der Waals surface area contributed by atoms with Gasteiger partial charge in [-0.15, -0.1) is 20.5 Å². The Morgan fingerprint density at radius 1 is 0.689 bits per heavy atom. The minimum Gasteiger partial charge on any atom is -0.545 e. The van der Waals surface area contributed by atoms with E-state index < -0.39 is 54.4 Å². The van der Waals surface area contributed by atoms with Gasteiger partial charge in [0.05, 0.1) is 52.3 Å². The maximum Gasteiger partial charge on any atom is 3.00 e. The number of sulfonamides is 2. The number of nitrogens with two attached hydrogens (primary N) is 1. The van der Waals surface area contributed by atoms with E-state index in [1.54, 1.807) is 62.4 Å². The summed E-state index contributed by atoms with van der Waals surface area (Å²) in [6.07, 6.45) is 0. The van der Waals surface area contributed by atoms with Crippen LogP contribution in [0.25, 0.3) is 11.4 Å². The number of carboxylic acid groups (broad SMARTS) is 2. The average Bonchev–Trinajstić information content (AvgIpc) is 3.67. The minimum absolute atomic E-state index is 0. The van der Waals surface area contributed by atoms with Crippen LogP contribution in [0.2, 0.25) is 10.0 Å². The van der Waals surface area contributed by atoms with E-state index in [1.807, 2.05) is 0 Å². The van der Waals surface area contributed by atoms with Gasteiger partial charge >= 0.3 is 27.4 Å². The predicted molar refractivity (Wildman–Crippen MR) is 213 cm³/mol. The van der Waals surface area contributed by atoms with Crippen LogP contribution in [0.5, 0.6) is 0 Å². The molecule has 6 aromatic rings. The van der Waals surface area contributed by atoms with Crippen LogP contribution >= 0.6 is 23.2 Å². The van der Waals surface area contributed by atoms with Crippen LogP contribution < -0.4 is 30.8 Å². The number of aromatic amines is 2. The van der Waals surface area contributed by atoms with E-state index in [0.717, 1.165) is 29.0 Å². The number of benzene rings is 4. The zero-order valence-electron chi connectivity index (χ0n) is 31.9. The molecular formula is C36H31Cl2CrN10O10S2+2. The molecule has 25 heteroatoms. The summed E-state index contributed by atoms with van der Waals surface area (Å²) in [6.45, 7) is 3.15. The Bertz CT molecular complexity index is 3070. The van der Waals surface area contributed by atoms with E-state index in [9.17, 15) is 46.2 Å². The van der Waals surface area contributed by atoms with E-state index in [0.29, 0.717) is 32.8 Å². The standard InChI is InChI=1S/2C18H16ClN5O5S.Cr/c1-10-15(17(25)24(23-10)12-6-3-5-11(19)9-12)21-22-16-13(18(26)27)7-4-8-14(16)30(28,29)20-2;1-10-16(17(25)24(23-10)12-5-3-4-11(19)8-12)22-21-15-9-13(30(28,29)20-2)6-7-14(15)18(26)27;/h2*3-9,20,23H,1-2H3,(H,26,27);/q;;+3/p-1. The van der Waals surface area contributed by atoms with Crippen molar-refractivity contribution in [2.24, 2.45) is 20.5 Å². The molecule has 1 radical (unpaired) electrons. The van der Waals surface area contributed by atoms with Gasteiger partial charge in [0.2, 0.25) is 10.0 Å². The first kappa shape index (κ1) is 47.6. The van der Waals surface area contributed by atoms with Crippen molar-refractivity contribution >= 4 is 77.9 Å². The van der Waals surface area contributed by atoms with Crippen LogP contribution in [-0.4, -0.2) is 62.4 Å². The molecule has 0 bridgehead atoms. The first-order chi connectivity index (χ1) is 28.3. The Labute approximate surface area is 366 Å². The third-order valence-electron chi connectivity index (χ3n) is 8.33. The molecular weight excluding hydrogens is 919 g/mol. The number of aromatic carboxylic acids is 2.